The molecule has 0 spiro atoms. The first-order valence-corrected chi connectivity index (χ1v) is 6.92. The molecule has 3 nitrogen and oxygen atoms in total. The summed E-state index contributed by atoms with van der Waals surface area (Å²) in [5.41, 5.74) is 2.54. The molecule has 0 aliphatic heterocycles. The van der Waals surface area contributed by atoms with E-state index in [1.807, 2.05) is 31.0 Å². The number of amides is 1. The molecule has 19 heavy (non-hydrogen) atoms. The Morgan fingerprint density at radius 2 is 1.89 bits per heavy atom. The number of hydrogen-bond acceptors (Lipinski definition) is 2. The van der Waals surface area contributed by atoms with Gasteiger partial charge in [0.15, 0.2) is 0 Å². The average molecular weight is 262 g/mol. The highest BCUT2D eigenvalue weighted by Crippen LogP contribution is 2.09. The van der Waals surface area contributed by atoms with Crippen LogP contribution in [0.5, 0.6) is 0 Å². The fourth-order valence-corrected chi connectivity index (χ4v) is 1.85. The van der Waals surface area contributed by atoms with Crippen molar-refractivity contribution in [2.45, 2.75) is 40.3 Å². The smallest absolute Gasteiger partial charge is 0.234 e. The van der Waals surface area contributed by atoms with Gasteiger partial charge in [-0.2, -0.15) is 0 Å². The summed E-state index contributed by atoms with van der Waals surface area (Å²) in [6.07, 6.45) is 0. The van der Waals surface area contributed by atoms with Gasteiger partial charge in [0, 0.05) is 12.6 Å². The highest BCUT2D eigenvalue weighted by atomic mass is 16.2. The fraction of sp³-hybridized carbons (Fsp3) is 0.562. The first-order valence-electron chi connectivity index (χ1n) is 6.92. The Kier molecular flexibility index (Phi) is 6.03. The quantitative estimate of drug-likeness (QED) is 0.854. The first kappa shape index (κ1) is 15.7. The minimum atomic E-state index is 0.0947. The van der Waals surface area contributed by atoms with Crippen molar-refractivity contribution < 1.29 is 4.79 Å². The van der Waals surface area contributed by atoms with Gasteiger partial charge < -0.3 is 5.32 Å². The molecule has 0 fully saturated rings. The molecule has 0 aromatic heterocycles. The maximum Gasteiger partial charge on any atom is 0.234 e. The predicted octanol–water partition coefficient (Wildman–Crippen LogP) is 2.59. The van der Waals surface area contributed by atoms with Crippen LogP contribution in [0.3, 0.4) is 0 Å². The minimum Gasteiger partial charge on any atom is -0.352 e. The lowest BCUT2D eigenvalue weighted by Gasteiger charge is -2.21. The second kappa shape index (κ2) is 7.29. The summed E-state index contributed by atoms with van der Waals surface area (Å²) in [5, 5.41) is 3.03. The van der Waals surface area contributed by atoms with Crippen molar-refractivity contribution in [2.24, 2.45) is 5.92 Å². The highest BCUT2D eigenvalue weighted by molar-refractivity contribution is 5.78. The van der Waals surface area contributed by atoms with E-state index in [0.29, 0.717) is 12.5 Å². The summed E-state index contributed by atoms with van der Waals surface area (Å²) >= 11 is 0. The molecule has 1 amide bonds. The van der Waals surface area contributed by atoms with Crippen molar-refractivity contribution >= 4 is 5.91 Å². The van der Waals surface area contributed by atoms with Gasteiger partial charge in [-0.3, -0.25) is 9.69 Å². The van der Waals surface area contributed by atoms with Crippen LogP contribution in [-0.4, -0.2) is 30.4 Å². The van der Waals surface area contributed by atoms with E-state index in [2.05, 4.69) is 38.2 Å². The Hall–Kier alpha value is -1.35. The standard InChI is InChI=1S/C16H26N2O/c1-12(2)14(4)17-16(19)11-18(5)10-15-9-7-6-8-13(15)3/h6-9,12,14H,10-11H2,1-5H3,(H,17,19). The van der Waals surface area contributed by atoms with Crippen molar-refractivity contribution in [3.8, 4) is 0 Å². The molecule has 0 aliphatic carbocycles. The third-order valence-corrected chi connectivity index (χ3v) is 3.50. The van der Waals surface area contributed by atoms with E-state index in [4.69, 9.17) is 0 Å². The highest BCUT2D eigenvalue weighted by Gasteiger charge is 2.12. The predicted molar refractivity (Wildman–Crippen MR) is 80.0 cm³/mol. The topological polar surface area (TPSA) is 32.3 Å². The Bertz CT molecular complexity index is 415. The van der Waals surface area contributed by atoms with Gasteiger partial charge in [0.25, 0.3) is 0 Å². The maximum absolute atomic E-state index is 11.9. The number of nitrogens with one attached hydrogen (secondary N) is 1. The number of carbonyl (C=O) groups is 1. The lowest BCUT2D eigenvalue weighted by Crippen LogP contribution is -2.41. The van der Waals surface area contributed by atoms with Gasteiger partial charge in [-0.05, 0) is 37.9 Å². The molecule has 0 radical (unpaired) electrons. The van der Waals surface area contributed by atoms with Crippen LogP contribution >= 0.6 is 0 Å². The van der Waals surface area contributed by atoms with Gasteiger partial charge >= 0.3 is 0 Å². The van der Waals surface area contributed by atoms with Crippen LogP contribution in [0.2, 0.25) is 0 Å². The van der Waals surface area contributed by atoms with E-state index in [1.54, 1.807) is 0 Å². The van der Waals surface area contributed by atoms with E-state index < -0.39 is 0 Å². The molecule has 1 N–H and O–H groups in total. The van der Waals surface area contributed by atoms with Crippen molar-refractivity contribution in [3.05, 3.63) is 35.4 Å². The van der Waals surface area contributed by atoms with Gasteiger partial charge in [0.05, 0.1) is 6.54 Å². The molecule has 0 bridgehead atoms. The molecule has 1 rings (SSSR count). The number of hydrogen-bond donors (Lipinski definition) is 1. The SMILES string of the molecule is Cc1ccccc1CN(C)CC(=O)NC(C)C(C)C. The number of carbonyl (C=O) groups excluding carboxylic acids is 1. The van der Waals surface area contributed by atoms with Crippen LogP contribution in [0, 0.1) is 12.8 Å². The molecule has 0 aliphatic rings. The first-order chi connectivity index (χ1) is 8.90. The summed E-state index contributed by atoms with van der Waals surface area (Å²) in [4.78, 5) is 13.9. The van der Waals surface area contributed by atoms with Crippen LogP contribution in [0.25, 0.3) is 0 Å². The Labute approximate surface area is 117 Å². The van der Waals surface area contributed by atoms with Gasteiger partial charge in [0.2, 0.25) is 5.91 Å². The van der Waals surface area contributed by atoms with Crippen molar-refractivity contribution in [3.63, 3.8) is 0 Å². The number of rotatable bonds is 6. The molecule has 0 saturated heterocycles. The zero-order valence-corrected chi connectivity index (χ0v) is 12.7. The summed E-state index contributed by atoms with van der Waals surface area (Å²) in [6, 6.07) is 8.51. The molecule has 0 heterocycles. The normalized spacial score (nSPS) is 12.8. The Morgan fingerprint density at radius 1 is 1.26 bits per heavy atom. The van der Waals surface area contributed by atoms with Crippen LogP contribution in [0.1, 0.15) is 31.9 Å². The van der Waals surface area contributed by atoms with Crippen LogP contribution in [0.4, 0.5) is 0 Å². The van der Waals surface area contributed by atoms with E-state index in [9.17, 15) is 4.79 Å². The third kappa shape index (κ3) is 5.43. The van der Waals surface area contributed by atoms with Crippen molar-refractivity contribution in [1.29, 1.82) is 0 Å². The summed E-state index contributed by atoms with van der Waals surface area (Å²) < 4.78 is 0. The molecule has 0 saturated carbocycles. The van der Waals surface area contributed by atoms with Crippen LogP contribution in [-0.2, 0) is 11.3 Å². The molecular formula is C16H26N2O. The number of nitrogens with zero attached hydrogens (tertiary/aromatic N) is 1. The summed E-state index contributed by atoms with van der Waals surface area (Å²) in [6.45, 7) is 9.61. The van der Waals surface area contributed by atoms with Gasteiger partial charge in [-0.1, -0.05) is 38.1 Å². The Balaban J connectivity index is 2.45. The van der Waals surface area contributed by atoms with E-state index in [-0.39, 0.29) is 11.9 Å². The lowest BCUT2D eigenvalue weighted by molar-refractivity contribution is -0.122. The van der Waals surface area contributed by atoms with Gasteiger partial charge in [0.1, 0.15) is 0 Å². The molecule has 3 heteroatoms. The van der Waals surface area contributed by atoms with Gasteiger partial charge in [-0.15, -0.1) is 0 Å². The molecule has 1 aromatic carbocycles. The molecule has 1 unspecified atom stereocenters. The summed E-state index contributed by atoms with van der Waals surface area (Å²) in [5.74, 6) is 0.558. The van der Waals surface area contributed by atoms with Gasteiger partial charge in [-0.25, -0.2) is 0 Å². The summed E-state index contributed by atoms with van der Waals surface area (Å²) in [7, 11) is 1.98. The largest absolute Gasteiger partial charge is 0.352 e. The molecule has 1 atom stereocenters. The minimum absolute atomic E-state index is 0.0947. The van der Waals surface area contributed by atoms with Crippen LogP contribution in [0.15, 0.2) is 24.3 Å². The Morgan fingerprint density at radius 3 is 2.47 bits per heavy atom. The van der Waals surface area contributed by atoms with E-state index in [1.165, 1.54) is 11.1 Å². The molecular weight excluding hydrogens is 236 g/mol. The molecule has 106 valence electrons. The zero-order valence-electron chi connectivity index (χ0n) is 12.7. The number of benzene rings is 1. The third-order valence-electron chi connectivity index (χ3n) is 3.50. The maximum atomic E-state index is 11.9. The molecule has 1 aromatic rings. The van der Waals surface area contributed by atoms with Crippen molar-refractivity contribution in [1.82, 2.24) is 10.2 Å². The zero-order chi connectivity index (χ0) is 14.4. The number of aryl methyl sites for hydroxylation is 1. The van der Waals surface area contributed by atoms with Crippen LogP contribution < -0.4 is 5.32 Å². The second-order valence-corrected chi connectivity index (χ2v) is 5.70. The monoisotopic (exact) mass is 262 g/mol. The second-order valence-electron chi connectivity index (χ2n) is 5.70. The number of likely N-dealkylation sites (N-methyl/N-ethyl adjacent to an activating group) is 1. The average Bonchev–Trinajstić information content (AvgIpc) is 2.31. The lowest BCUT2D eigenvalue weighted by atomic mass is 10.1. The fourth-order valence-electron chi connectivity index (χ4n) is 1.85. The van der Waals surface area contributed by atoms with E-state index in [0.717, 1.165) is 6.54 Å². The van der Waals surface area contributed by atoms with Crippen molar-refractivity contribution in [2.75, 3.05) is 13.6 Å². The van der Waals surface area contributed by atoms with E-state index >= 15 is 0 Å².